The highest BCUT2D eigenvalue weighted by Gasteiger charge is 2.31. The van der Waals surface area contributed by atoms with Gasteiger partial charge in [0, 0.05) is 54.8 Å². The molecule has 0 bridgehead atoms. The Kier molecular flexibility index (Phi) is 7.65. The highest BCUT2D eigenvalue weighted by atomic mass is 35.5. The van der Waals surface area contributed by atoms with E-state index in [9.17, 15) is 9.59 Å². The Balaban J connectivity index is 1.68. The maximum absolute atomic E-state index is 12.7. The SMILES string of the molecule is Cc1ccc(C(=O)Nc2cc(Cl)cc(CN3CCN(C(=O)OC(C)(C)C)C(C)C3)c2C)cn1. The second-order valence-electron chi connectivity index (χ2n) is 9.64. The van der Waals surface area contributed by atoms with Crippen molar-refractivity contribution in [3.63, 3.8) is 0 Å². The van der Waals surface area contributed by atoms with Crippen LogP contribution in [-0.4, -0.2) is 58.1 Å². The number of carbonyl (C=O) groups excluding carboxylic acids is 2. The van der Waals surface area contributed by atoms with Crippen molar-refractivity contribution >= 4 is 29.3 Å². The van der Waals surface area contributed by atoms with Crippen LogP contribution >= 0.6 is 11.6 Å². The molecule has 1 aromatic carbocycles. The van der Waals surface area contributed by atoms with Gasteiger partial charge in [0.2, 0.25) is 0 Å². The maximum atomic E-state index is 12.7. The number of nitrogens with one attached hydrogen (secondary N) is 1. The van der Waals surface area contributed by atoms with Gasteiger partial charge in [-0.1, -0.05) is 11.6 Å². The van der Waals surface area contributed by atoms with Gasteiger partial charge in [-0.25, -0.2) is 4.79 Å². The van der Waals surface area contributed by atoms with Gasteiger partial charge in [0.15, 0.2) is 0 Å². The molecule has 8 heteroatoms. The first kappa shape index (κ1) is 25.0. The van der Waals surface area contributed by atoms with E-state index in [-0.39, 0.29) is 18.0 Å². The Morgan fingerprint density at radius 2 is 1.94 bits per heavy atom. The van der Waals surface area contributed by atoms with E-state index in [4.69, 9.17) is 16.3 Å². The molecule has 0 spiro atoms. The van der Waals surface area contributed by atoms with Crippen LogP contribution in [0.5, 0.6) is 0 Å². The van der Waals surface area contributed by atoms with E-state index in [1.54, 1.807) is 23.2 Å². The lowest BCUT2D eigenvalue weighted by atomic mass is 10.0. The third-order valence-electron chi connectivity index (χ3n) is 5.64. The second kappa shape index (κ2) is 10.1. The normalized spacial score (nSPS) is 17.1. The van der Waals surface area contributed by atoms with Crippen molar-refractivity contribution in [3.8, 4) is 0 Å². The lowest BCUT2D eigenvalue weighted by Gasteiger charge is -2.40. The number of hydrogen-bond donors (Lipinski definition) is 1. The van der Waals surface area contributed by atoms with Crippen LogP contribution < -0.4 is 5.32 Å². The van der Waals surface area contributed by atoms with Crippen LogP contribution in [0.3, 0.4) is 0 Å². The van der Waals surface area contributed by atoms with E-state index in [1.807, 2.05) is 53.7 Å². The molecule has 2 heterocycles. The minimum absolute atomic E-state index is 0.0290. The van der Waals surface area contributed by atoms with Gasteiger partial charge in [-0.2, -0.15) is 0 Å². The zero-order valence-corrected chi connectivity index (χ0v) is 21.0. The molecule has 0 aliphatic carbocycles. The highest BCUT2D eigenvalue weighted by Crippen LogP contribution is 2.27. The smallest absolute Gasteiger partial charge is 0.410 e. The number of amides is 2. The van der Waals surface area contributed by atoms with Crippen LogP contribution in [0.15, 0.2) is 30.5 Å². The molecular weight excluding hydrogens is 440 g/mol. The zero-order chi connectivity index (χ0) is 24.3. The summed E-state index contributed by atoms with van der Waals surface area (Å²) < 4.78 is 5.54. The average molecular weight is 473 g/mol. The van der Waals surface area contributed by atoms with Crippen LogP contribution in [0.4, 0.5) is 10.5 Å². The average Bonchev–Trinajstić information content (AvgIpc) is 2.70. The Morgan fingerprint density at radius 1 is 1.21 bits per heavy atom. The van der Waals surface area contributed by atoms with Crippen LogP contribution in [0.1, 0.15) is 54.9 Å². The molecule has 1 unspecified atom stereocenters. The first-order valence-electron chi connectivity index (χ1n) is 11.2. The number of aromatic nitrogens is 1. The van der Waals surface area contributed by atoms with E-state index < -0.39 is 5.60 Å². The molecule has 1 fully saturated rings. The van der Waals surface area contributed by atoms with Gasteiger partial charge in [0.25, 0.3) is 5.91 Å². The summed E-state index contributed by atoms with van der Waals surface area (Å²) in [5.41, 5.74) is 3.53. The van der Waals surface area contributed by atoms with Gasteiger partial charge in [0.1, 0.15) is 5.60 Å². The van der Waals surface area contributed by atoms with Crippen LogP contribution in [-0.2, 0) is 11.3 Å². The fourth-order valence-electron chi connectivity index (χ4n) is 3.84. The molecule has 33 heavy (non-hydrogen) atoms. The molecule has 2 aromatic rings. The molecule has 1 aliphatic heterocycles. The number of anilines is 1. The summed E-state index contributed by atoms with van der Waals surface area (Å²) in [5, 5.41) is 3.53. The number of hydrogen-bond acceptors (Lipinski definition) is 5. The van der Waals surface area contributed by atoms with Gasteiger partial charge in [-0.3, -0.25) is 14.7 Å². The molecule has 1 saturated heterocycles. The fraction of sp³-hybridized carbons (Fsp3) is 0.480. The van der Waals surface area contributed by atoms with Gasteiger partial charge >= 0.3 is 6.09 Å². The molecule has 178 valence electrons. The molecule has 3 rings (SSSR count). The standard InChI is InChI=1S/C25H33ClN4O3/c1-16-7-8-19(13-27-16)23(31)28-22-12-21(26)11-20(18(22)3)15-29-9-10-30(17(2)14-29)24(32)33-25(4,5)6/h7-8,11-13,17H,9-10,14-15H2,1-6H3,(H,28,31). The Labute approximate surface area is 201 Å². The first-order chi connectivity index (χ1) is 15.4. The third kappa shape index (κ3) is 6.68. The number of rotatable bonds is 4. The van der Waals surface area contributed by atoms with Crippen molar-refractivity contribution < 1.29 is 14.3 Å². The van der Waals surface area contributed by atoms with E-state index in [1.165, 1.54) is 0 Å². The molecule has 2 amide bonds. The van der Waals surface area contributed by atoms with Crippen molar-refractivity contribution in [1.82, 2.24) is 14.8 Å². The van der Waals surface area contributed by atoms with E-state index in [0.29, 0.717) is 29.4 Å². The number of piperazine rings is 1. The van der Waals surface area contributed by atoms with Crippen LogP contribution in [0.25, 0.3) is 0 Å². The molecular formula is C25H33ClN4O3. The number of carbonyl (C=O) groups is 2. The molecule has 7 nitrogen and oxygen atoms in total. The number of ether oxygens (including phenoxy) is 1. The number of pyridine rings is 1. The van der Waals surface area contributed by atoms with Crippen molar-refractivity contribution in [2.75, 3.05) is 25.0 Å². The summed E-state index contributed by atoms with van der Waals surface area (Å²) in [7, 11) is 0. The number of benzene rings is 1. The molecule has 1 atom stereocenters. The highest BCUT2D eigenvalue weighted by molar-refractivity contribution is 6.31. The molecule has 1 aromatic heterocycles. The van der Waals surface area contributed by atoms with Gasteiger partial charge in [-0.05, 0) is 76.9 Å². The summed E-state index contributed by atoms with van der Waals surface area (Å²) in [5.74, 6) is -0.224. The second-order valence-corrected chi connectivity index (χ2v) is 10.1. The minimum Gasteiger partial charge on any atom is -0.444 e. The van der Waals surface area contributed by atoms with E-state index >= 15 is 0 Å². The van der Waals surface area contributed by atoms with Gasteiger partial charge < -0.3 is 15.0 Å². The summed E-state index contributed by atoms with van der Waals surface area (Å²) in [6.07, 6.45) is 1.29. The van der Waals surface area contributed by atoms with Crippen molar-refractivity contribution in [1.29, 1.82) is 0 Å². The Hall–Kier alpha value is -2.64. The topological polar surface area (TPSA) is 74.8 Å². The monoisotopic (exact) mass is 472 g/mol. The van der Waals surface area contributed by atoms with Crippen LogP contribution in [0.2, 0.25) is 5.02 Å². The van der Waals surface area contributed by atoms with Crippen molar-refractivity contribution in [2.45, 2.75) is 59.7 Å². The molecule has 0 saturated carbocycles. The lowest BCUT2D eigenvalue weighted by Crippen LogP contribution is -2.54. The quantitative estimate of drug-likeness (QED) is 0.674. The number of nitrogens with zero attached hydrogens (tertiary/aromatic N) is 3. The zero-order valence-electron chi connectivity index (χ0n) is 20.2. The Bertz CT molecular complexity index is 1020. The van der Waals surface area contributed by atoms with Gasteiger partial charge in [-0.15, -0.1) is 0 Å². The van der Waals surface area contributed by atoms with Gasteiger partial charge in [0.05, 0.1) is 5.56 Å². The number of halogens is 1. The number of aryl methyl sites for hydroxylation is 1. The maximum Gasteiger partial charge on any atom is 0.410 e. The van der Waals surface area contributed by atoms with Crippen molar-refractivity contribution in [3.05, 3.63) is 57.9 Å². The molecule has 1 aliphatic rings. The first-order valence-corrected chi connectivity index (χ1v) is 11.6. The lowest BCUT2D eigenvalue weighted by molar-refractivity contribution is 0.000535. The molecule has 0 radical (unpaired) electrons. The summed E-state index contributed by atoms with van der Waals surface area (Å²) >= 11 is 6.39. The molecule has 1 N–H and O–H groups in total. The largest absolute Gasteiger partial charge is 0.444 e. The summed E-state index contributed by atoms with van der Waals surface area (Å²) in [6.45, 7) is 14.2. The van der Waals surface area contributed by atoms with E-state index in [0.717, 1.165) is 29.9 Å². The predicted octanol–water partition coefficient (Wildman–Crippen LogP) is 5.05. The fourth-order valence-corrected chi connectivity index (χ4v) is 4.08. The third-order valence-corrected chi connectivity index (χ3v) is 5.85. The van der Waals surface area contributed by atoms with Crippen molar-refractivity contribution in [2.24, 2.45) is 0 Å². The summed E-state index contributed by atoms with van der Waals surface area (Å²) in [6, 6.07) is 7.29. The predicted molar refractivity (Wildman–Crippen MR) is 131 cm³/mol. The Morgan fingerprint density at radius 3 is 2.55 bits per heavy atom. The van der Waals surface area contributed by atoms with Crippen LogP contribution in [0, 0.1) is 13.8 Å². The van der Waals surface area contributed by atoms with E-state index in [2.05, 4.69) is 15.2 Å². The summed E-state index contributed by atoms with van der Waals surface area (Å²) in [4.78, 5) is 33.4. The minimum atomic E-state index is -0.513.